The van der Waals surface area contributed by atoms with Crippen LogP contribution in [0.2, 0.25) is 0 Å². The molecule has 206 valence electrons. The number of nitrogens with zero attached hydrogens (tertiary/aromatic N) is 2. The highest BCUT2D eigenvalue weighted by Crippen LogP contribution is 2.56. The van der Waals surface area contributed by atoms with Crippen LogP contribution in [0, 0.1) is 0 Å². The summed E-state index contributed by atoms with van der Waals surface area (Å²) >= 11 is 0. The third kappa shape index (κ3) is 4.79. The maximum absolute atomic E-state index is 9.57. The fourth-order valence-electron chi connectivity index (χ4n) is 6.04. The van der Waals surface area contributed by atoms with Crippen LogP contribution in [0.1, 0.15) is 33.4 Å². The van der Waals surface area contributed by atoms with E-state index in [1.165, 1.54) is 22.3 Å². The molecule has 1 aliphatic carbocycles. The van der Waals surface area contributed by atoms with Crippen molar-refractivity contribution in [1.29, 1.82) is 0 Å². The van der Waals surface area contributed by atoms with Crippen LogP contribution in [0.25, 0.3) is 11.1 Å². The Labute approximate surface area is 250 Å². The molecule has 0 spiro atoms. The average molecular weight is 557 g/mol. The van der Waals surface area contributed by atoms with Gasteiger partial charge in [0.2, 0.25) is 0 Å². The molecule has 7 rings (SSSR count). The lowest BCUT2D eigenvalue weighted by Crippen LogP contribution is -2.28. The molecular weight excluding hydrogens is 528 g/mol. The Hall–Kier alpha value is -5.74. The topological polar surface area (TPSA) is 65.2 Å². The van der Waals surface area contributed by atoms with Crippen LogP contribution in [-0.4, -0.2) is 22.6 Å². The minimum atomic E-state index is -0.508. The Bertz CT molecular complexity index is 1810. The summed E-state index contributed by atoms with van der Waals surface area (Å²) in [5, 5.41) is 19.1. The summed E-state index contributed by atoms with van der Waals surface area (Å²) in [6.45, 7) is 0. The first-order chi connectivity index (χ1) is 21.1. The molecule has 0 saturated carbocycles. The number of hydrogen-bond donors (Lipinski definition) is 2. The van der Waals surface area contributed by atoms with Gasteiger partial charge in [0.15, 0.2) is 0 Å². The molecule has 4 nitrogen and oxygen atoms in total. The molecule has 0 unspecified atom stereocenters. The molecule has 0 atom stereocenters. The largest absolute Gasteiger partial charge is 0.508 e. The van der Waals surface area contributed by atoms with Crippen molar-refractivity contribution in [3.63, 3.8) is 0 Å². The molecule has 0 radical (unpaired) electrons. The highest BCUT2D eigenvalue weighted by molar-refractivity contribution is 5.87. The number of hydrogen-bond acceptors (Lipinski definition) is 4. The zero-order valence-corrected chi connectivity index (χ0v) is 23.3. The Kier molecular flexibility index (Phi) is 6.65. The predicted molar refractivity (Wildman–Crippen MR) is 174 cm³/mol. The Morgan fingerprint density at radius 2 is 0.791 bits per heavy atom. The Balaban J connectivity index is 1.31. The molecule has 0 fully saturated rings. The van der Waals surface area contributed by atoms with Crippen LogP contribution < -0.4 is 0 Å². The zero-order valence-electron chi connectivity index (χ0n) is 23.3. The van der Waals surface area contributed by atoms with Crippen LogP contribution in [0.3, 0.4) is 0 Å². The van der Waals surface area contributed by atoms with Gasteiger partial charge in [-0.05, 0) is 117 Å². The lowest BCUT2D eigenvalue weighted by molar-refractivity contribution is 0.475. The fourth-order valence-corrected chi connectivity index (χ4v) is 6.04. The summed E-state index contributed by atoms with van der Waals surface area (Å²) in [4.78, 5) is 9.37. The maximum atomic E-state index is 9.57. The van der Waals surface area contributed by atoms with Crippen LogP contribution in [-0.2, 0) is 5.41 Å². The second kappa shape index (κ2) is 10.9. The lowest BCUT2D eigenvalue weighted by atomic mass is 9.67. The second-order valence-corrected chi connectivity index (χ2v) is 10.6. The lowest BCUT2D eigenvalue weighted by Gasteiger charge is -2.34. The Morgan fingerprint density at radius 3 is 1.19 bits per heavy atom. The summed E-state index contributed by atoms with van der Waals surface area (Å²) in [5.74, 6) is 0.474. The van der Waals surface area contributed by atoms with E-state index in [1.807, 2.05) is 36.7 Å². The van der Waals surface area contributed by atoms with Gasteiger partial charge in [0.1, 0.15) is 11.5 Å². The third-order valence-corrected chi connectivity index (χ3v) is 8.06. The van der Waals surface area contributed by atoms with Gasteiger partial charge >= 0.3 is 0 Å². The monoisotopic (exact) mass is 556 g/mol. The van der Waals surface area contributed by atoms with Gasteiger partial charge in [0.05, 0.1) is 16.8 Å². The van der Waals surface area contributed by atoms with Crippen molar-refractivity contribution >= 4 is 23.8 Å². The minimum Gasteiger partial charge on any atom is -0.508 e. The number of phenols is 2. The van der Waals surface area contributed by atoms with Gasteiger partial charge in [-0.3, -0.25) is 9.98 Å². The number of rotatable bonds is 6. The molecule has 0 bridgehead atoms. The maximum Gasteiger partial charge on any atom is 0.115 e. The van der Waals surface area contributed by atoms with E-state index in [2.05, 4.69) is 107 Å². The van der Waals surface area contributed by atoms with Gasteiger partial charge in [-0.25, -0.2) is 0 Å². The first kappa shape index (κ1) is 26.2. The molecular formula is C39H28N2O2. The summed E-state index contributed by atoms with van der Waals surface area (Å²) < 4.78 is 0. The number of aromatic hydroxyl groups is 2. The van der Waals surface area contributed by atoms with E-state index in [1.54, 1.807) is 24.3 Å². The standard InChI is InChI=1S/C39H28N2O2/c42-33-21-9-27(10-22-33)25-40-31-17-13-29(14-18-31)39(37-7-3-1-5-35(37)36-6-2-4-8-38(36)39)30-15-19-32(20-16-30)41-26-28-11-23-34(43)24-12-28/h1-26,42-43H. The van der Waals surface area contributed by atoms with Gasteiger partial charge in [-0.2, -0.15) is 0 Å². The average Bonchev–Trinajstić information content (AvgIpc) is 3.36. The molecule has 0 amide bonds. The smallest absolute Gasteiger partial charge is 0.115 e. The molecule has 0 heterocycles. The van der Waals surface area contributed by atoms with E-state index in [0.29, 0.717) is 0 Å². The van der Waals surface area contributed by atoms with Gasteiger partial charge in [0.25, 0.3) is 0 Å². The summed E-state index contributed by atoms with van der Waals surface area (Å²) in [5.41, 5.74) is 10.3. The first-order valence-corrected chi connectivity index (χ1v) is 14.2. The molecule has 0 aromatic heterocycles. The highest BCUT2D eigenvalue weighted by atomic mass is 16.3. The minimum absolute atomic E-state index is 0.237. The SMILES string of the molecule is Oc1ccc(C=Nc2ccc(C3(c4ccc(N=Cc5ccc(O)cc5)cc4)c4ccccc4-c4ccccc43)cc2)cc1. The number of fused-ring (bicyclic) bond motifs is 3. The van der Waals surface area contributed by atoms with E-state index < -0.39 is 5.41 Å². The van der Waals surface area contributed by atoms with E-state index in [9.17, 15) is 10.2 Å². The van der Waals surface area contributed by atoms with Gasteiger partial charge < -0.3 is 10.2 Å². The van der Waals surface area contributed by atoms with E-state index >= 15 is 0 Å². The van der Waals surface area contributed by atoms with E-state index in [0.717, 1.165) is 33.6 Å². The number of phenolic OH excluding ortho intramolecular Hbond substituents is 2. The summed E-state index contributed by atoms with van der Waals surface area (Å²) in [6.07, 6.45) is 3.61. The quantitative estimate of drug-likeness (QED) is 0.201. The molecule has 2 N–H and O–H groups in total. The van der Waals surface area contributed by atoms with Crippen molar-refractivity contribution in [2.75, 3.05) is 0 Å². The first-order valence-electron chi connectivity index (χ1n) is 14.2. The van der Waals surface area contributed by atoms with Gasteiger partial charge in [0, 0.05) is 12.4 Å². The van der Waals surface area contributed by atoms with E-state index in [4.69, 9.17) is 0 Å². The number of aliphatic imine (C=N–C) groups is 2. The van der Waals surface area contributed by atoms with Crippen LogP contribution >= 0.6 is 0 Å². The predicted octanol–water partition coefficient (Wildman–Crippen LogP) is 8.96. The van der Waals surface area contributed by atoms with Crippen LogP contribution in [0.4, 0.5) is 11.4 Å². The molecule has 4 heteroatoms. The van der Waals surface area contributed by atoms with Gasteiger partial charge in [-0.15, -0.1) is 0 Å². The summed E-state index contributed by atoms with van der Waals surface area (Å²) in [7, 11) is 0. The zero-order chi connectivity index (χ0) is 29.2. The van der Waals surface area contributed by atoms with Gasteiger partial charge in [-0.1, -0.05) is 72.8 Å². The molecule has 6 aromatic carbocycles. The summed E-state index contributed by atoms with van der Waals surface area (Å²) in [6, 6.07) is 48.3. The van der Waals surface area contributed by atoms with Crippen molar-refractivity contribution in [2.24, 2.45) is 9.98 Å². The number of benzene rings is 6. The van der Waals surface area contributed by atoms with Crippen molar-refractivity contribution in [2.45, 2.75) is 5.41 Å². The van der Waals surface area contributed by atoms with Crippen LogP contribution in [0.5, 0.6) is 11.5 Å². The molecule has 0 saturated heterocycles. The van der Waals surface area contributed by atoms with Crippen LogP contribution in [0.15, 0.2) is 156 Å². The van der Waals surface area contributed by atoms with Crippen molar-refractivity contribution < 1.29 is 10.2 Å². The Morgan fingerprint density at radius 1 is 0.419 bits per heavy atom. The molecule has 1 aliphatic rings. The molecule has 6 aromatic rings. The van der Waals surface area contributed by atoms with Crippen molar-refractivity contribution in [3.8, 4) is 22.6 Å². The van der Waals surface area contributed by atoms with Crippen molar-refractivity contribution in [3.05, 3.63) is 179 Å². The van der Waals surface area contributed by atoms with E-state index in [-0.39, 0.29) is 11.5 Å². The second-order valence-electron chi connectivity index (χ2n) is 10.6. The normalized spacial score (nSPS) is 13.3. The molecule has 0 aliphatic heterocycles. The third-order valence-electron chi connectivity index (χ3n) is 8.06. The fraction of sp³-hybridized carbons (Fsp3) is 0.0256. The van der Waals surface area contributed by atoms with Crippen molar-refractivity contribution in [1.82, 2.24) is 0 Å². The molecule has 43 heavy (non-hydrogen) atoms. The highest BCUT2D eigenvalue weighted by Gasteiger charge is 2.45.